The van der Waals surface area contributed by atoms with Gasteiger partial charge in [0.25, 0.3) is 0 Å². The molecule has 0 radical (unpaired) electrons. The Morgan fingerprint density at radius 2 is 2.58 bits per heavy atom. The maximum Gasteiger partial charge on any atom is 0.0831 e. The Bertz CT molecular complexity index is 239. The van der Waals surface area contributed by atoms with Crippen LogP contribution >= 0.6 is 11.3 Å². The number of hydrogen-bond acceptors (Lipinski definition) is 3. The zero-order chi connectivity index (χ0) is 8.44. The highest BCUT2D eigenvalue weighted by Crippen LogP contribution is 2.22. The van der Waals surface area contributed by atoms with Gasteiger partial charge in [0.15, 0.2) is 0 Å². The van der Waals surface area contributed by atoms with Gasteiger partial charge in [0.2, 0.25) is 0 Å². The van der Waals surface area contributed by atoms with Crippen LogP contribution in [0.15, 0.2) is 17.5 Å². The molecule has 0 aromatic carbocycles. The molecule has 1 aromatic rings. The molecule has 66 valence electrons. The topological polar surface area (TPSA) is 32.3 Å². The van der Waals surface area contributed by atoms with Gasteiger partial charge in [-0.15, -0.1) is 11.3 Å². The van der Waals surface area contributed by atoms with Crippen molar-refractivity contribution in [3.63, 3.8) is 0 Å². The molecule has 0 bridgehead atoms. The molecule has 1 aromatic heterocycles. The van der Waals surface area contributed by atoms with Crippen LogP contribution in [0.1, 0.15) is 11.3 Å². The fourth-order valence-electron chi connectivity index (χ4n) is 1.62. The van der Waals surface area contributed by atoms with Gasteiger partial charge in [-0.2, -0.15) is 0 Å². The van der Waals surface area contributed by atoms with Gasteiger partial charge >= 0.3 is 0 Å². The zero-order valence-electron chi connectivity index (χ0n) is 6.92. The molecular formula is C9H13NOS. The van der Waals surface area contributed by atoms with E-state index in [2.05, 4.69) is 16.8 Å². The number of nitrogens with one attached hydrogen (secondary N) is 1. The van der Waals surface area contributed by atoms with Crippen LogP contribution < -0.4 is 5.32 Å². The highest BCUT2D eigenvalue weighted by atomic mass is 32.1. The van der Waals surface area contributed by atoms with E-state index in [4.69, 9.17) is 0 Å². The largest absolute Gasteiger partial charge is 0.388 e. The van der Waals surface area contributed by atoms with Crippen LogP contribution in [0.25, 0.3) is 0 Å². The van der Waals surface area contributed by atoms with E-state index < -0.39 is 5.60 Å². The lowest BCUT2D eigenvalue weighted by Gasteiger charge is -2.19. The predicted molar refractivity (Wildman–Crippen MR) is 50.5 cm³/mol. The van der Waals surface area contributed by atoms with E-state index in [1.807, 2.05) is 6.07 Å². The lowest BCUT2D eigenvalue weighted by molar-refractivity contribution is 0.0627. The second-order valence-corrected chi connectivity index (χ2v) is 4.44. The van der Waals surface area contributed by atoms with Crippen molar-refractivity contribution in [2.24, 2.45) is 0 Å². The highest BCUT2D eigenvalue weighted by Gasteiger charge is 2.31. The van der Waals surface area contributed by atoms with Crippen molar-refractivity contribution in [3.8, 4) is 0 Å². The van der Waals surface area contributed by atoms with Crippen LogP contribution in [0.3, 0.4) is 0 Å². The minimum Gasteiger partial charge on any atom is -0.388 e. The summed E-state index contributed by atoms with van der Waals surface area (Å²) in [5, 5.41) is 15.2. The van der Waals surface area contributed by atoms with Crippen LogP contribution in [-0.2, 0) is 6.42 Å². The Labute approximate surface area is 76.2 Å². The molecule has 12 heavy (non-hydrogen) atoms. The average molecular weight is 183 g/mol. The van der Waals surface area contributed by atoms with E-state index in [9.17, 15) is 5.11 Å². The maximum absolute atomic E-state index is 10.0. The number of thiophene rings is 1. The number of rotatable bonds is 2. The van der Waals surface area contributed by atoms with Crippen LogP contribution in [0.2, 0.25) is 0 Å². The minimum absolute atomic E-state index is 0.481. The lowest BCUT2D eigenvalue weighted by Crippen LogP contribution is -2.33. The summed E-state index contributed by atoms with van der Waals surface area (Å²) in [7, 11) is 0. The molecule has 2 nitrogen and oxygen atoms in total. The van der Waals surface area contributed by atoms with Gasteiger partial charge in [0.05, 0.1) is 5.60 Å². The van der Waals surface area contributed by atoms with E-state index in [1.54, 1.807) is 11.3 Å². The molecular weight excluding hydrogens is 170 g/mol. The standard InChI is InChI=1S/C9H13NOS/c11-9(3-4-10-7-9)6-8-2-1-5-12-8/h1-2,5,10-11H,3-4,6-7H2. The molecule has 1 aliphatic heterocycles. The van der Waals surface area contributed by atoms with Gasteiger partial charge < -0.3 is 10.4 Å². The molecule has 2 heterocycles. The fourth-order valence-corrected chi connectivity index (χ4v) is 2.46. The molecule has 0 spiro atoms. The highest BCUT2D eigenvalue weighted by molar-refractivity contribution is 7.09. The SMILES string of the molecule is OC1(Cc2cccs2)CCNC1. The minimum atomic E-state index is -0.481. The van der Waals surface area contributed by atoms with Gasteiger partial charge in [-0.1, -0.05) is 6.07 Å². The van der Waals surface area contributed by atoms with E-state index in [-0.39, 0.29) is 0 Å². The van der Waals surface area contributed by atoms with E-state index in [0.29, 0.717) is 0 Å². The van der Waals surface area contributed by atoms with Crippen molar-refractivity contribution in [1.29, 1.82) is 0 Å². The molecule has 2 rings (SSSR count). The van der Waals surface area contributed by atoms with Gasteiger partial charge in [0.1, 0.15) is 0 Å². The summed E-state index contributed by atoms with van der Waals surface area (Å²) in [6, 6.07) is 4.12. The third-order valence-electron chi connectivity index (χ3n) is 2.30. The molecule has 0 saturated carbocycles. The lowest BCUT2D eigenvalue weighted by atomic mass is 9.98. The van der Waals surface area contributed by atoms with Gasteiger partial charge in [0, 0.05) is 17.8 Å². The maximum atomic E-state index is 10.0. The molecule has 1 fully saturated rings. The summed E-state index contributed by atoms with van der Waals surface area (Å²) < 4.78 is 0. The smallest absolute Gasteiger partial charge is 0.0831 e. The number of β-amino-alcohol motifs (C(OH)–C–C–N with tert-alkyl or cyclic N) is 1. The molecule has 3 heteroatoms. The van der Waals surface area contributed by atoms with Gasteiger partial charge in [-0.3, -0.25) is 0 Å². The van der Waals surface area contributed by atoms with E-state index in [0.717, 1.165) is 25.9 Å². The van der Waals surface area contributed by atoms with Gasteiger partial charge in [-0.05, 0) is 24.4 Å². The summed E-state index contributed by atoms with van der Waals surface area (Å²) in [5.74, 6) is 0. The Morgan fingerprint density at radius 1 is 1.67 bits per heavy atom. The first-order valence-corrected chi connectivity index (χ1v) is 5.12. The third-order valence-corrected chi connectivity index (χ3v) is 3.18. The molecule has 0 amide bonds. The fraction of sp³-hybridized carbons (Fsp3) is 0.556. The van der Waals surface area contributed by atoms with Crippen LogP contribution in [0.5, 0.6) is 0 Å². The van der Waals surface area contributed by atoms with E-state index in [1.165, 1.54) is 4.88 Å². The Balaban J connectivity index is 2.02. The molecule has 1 unspecified atom stereocenters. The third kappa shape index (κ3) is 1.68. The molecule has 2 N–H and O–H groups in total. The molecule has 0 aliphatic carbocycles. The molecule has 1 atom stereocenters. The first kappa shape index (κ1) is 8.23. The van der Waals surface area contributed by atoms with Crippen molar-refractivity contribution in [1.82, 2.24) is 5.32 Å². The van der Waals surface area contributed by atoms with E-state index >= 15 is 0 Å². The van der Waals surface area contributed by atoms with Crippen molar-refractivity contribution in [3.05, 3.63) is 22.4 Å². The summed E-state index contributed by atoms with van der Waals surface area (Å²) in [4.78, 5) is 1.28. The predicted octanol–water partition coefficient (Wildman–Crippen LogP) is 1.01. The van der Waals surface area contributed by atoms with Crippen molar-refractivity contribution in [2.45, 2.75) is 18.4 Å². The van der Waals surface area contributed by atoms with Crippen LogP contribution in [0.4, 0.5) is 0 Å². The molecule has 1 aliphatic rings. The second kappa shape index (κ2) is 3.17. The Hall–Kier alpha value is -0.380. The first-order valence-electron chi connectivity index (χ1n) is 4.24. The monoisotopic (exact) mass is 183 g/mol. The van der Waals surface area contributed by atoms with Crippen LogP contribution in [-0.4, -0.2) is 23.8 Å². The normalized spacial score (nSPS) is 29.4. The summed E-state index contributed by atoms with van der Waals surface area (Å²) >= 11 is 1.72. The summed E-state index contributed by atoms with van der Waals surface area (Å²) in [6.45, 7) is 1.69. The summed E-state index contributed by atoms with van der Waals surface area (Å²) in [6.07, 6.45) is 1.68. The summed E-state index contributed by atoms with van der Waals surface area (Å²) in [5.41, 5.74) is -0.481. The Kier molecular flexibility index (Phi) is 2.17. The molecule has 1 saturated heterocycles. The Morgan fingerprint density at radius 3 is 3.17 bits per heavy atom. The zero-order valence-corrected chi connectivity index (χ0v) is 7.73. The van der Waals surface area contributed by atoms with Crippen LogP contribution in [0, 0.1) is 0 Å². The average Bonchev–Trinajstić information content (AvgIpc) is 2.62. The number of hydrogen-bond donors (Lipinski definition) is 2. The van der Waals surface area contributed by atoms with Crippen molar-refractivity contribution in [2.75, 3.05) is 13.1 Å². The van der Waals surface area contributed by atoms with Crippen molar-refractivity contribution >= 4 is 11.3 Å². The second-order valence-electron chi connectivity index (χ2n) is 3.41. The quantitative estimate of drug-likeness (QED) is 0.717. The number of aliphatic hydroxyl groups is 1. The first-order chi connectivity index (χ1) is 5.79. The van der Waals surface area contributed by atoms with Crippen molar-refractivity contribution < 1.29 is 5.11 Å². The van der Waals surface area contributed by atoms with Gasteiger partial charge in [-0.25, -0.2) is 0 Å².